The third-order valence-electron chi connectivity index (χ3n) is 2.21. The van der Waals surface area contributed by atoms with Crippen LogP contribution in [0.25, 0.3) is 10.8 Å². The summed E-state index contributed by atoms with van der Waals surface area (Å²) >= 11 is 0. The highest BCUT2D eigenvalue weighted by Gasteiger charge is 2.05. The van der Waals surface area contributed by atoms with E-state index in [0.717, 1.165) is 10.8 Å². The predicted octanol–water partition coefficient (Wildman–Crippen LogP) is 2.40. The molecule has 0 aliphatic rings. The molecule has 0 aliphatic heterocycles. The van der Waals surface area contributed by atoms with Gasteiger partial charge in [0, 0.05) is 0 Å². The summed E-state index contributed by atoms with van der Waals surface area (Å²) in [6.45, 7) is 0. The molecule has 2 aromatic carbocycles. The largest absolute Gasteiger partial charge is 0.374 e. The average molecular weight is 183 g/mol. The Morgan fingerprint density at radius 2 is 1.79 bits per heavy atom. The van der Waals surface area contributed by atoms with Crippen LogP contribution in [-0.2, 0) is 0 Å². The van der Waals surface area contributed by atoms with Crippen LogP contribution in [0.5, 0.6) is 0 Å². The highest BCUT2D eigenvalue weighted by atomic mass is 16.3. The Balaban J connectivity index is 2.58. The summed E-state index contributed by atoms with van der Waals surface area (Å²) in [4.78, 5) is 0. The highest BCUT2D eigenvalue weighted by Crippen LogP contribution is 2.19. The van der Waals surface area contributed by atoms with Crippen molar-refractivity contribution in [3.05, 3.63) is 48.0 Å². The molecule has 1 N–H and O–H groups in total. The molecule has 0 radical (unpaired) electrons. The number of nitrogens with zero attached hydrogens (tertiary/aromatic N) is 1. The Kier molecular flexibility index (Phi) is 2.18. The molecule has 0 amide bonds. The molecule has 68 valence electrons. The third-order valence-corrected chi connectivity index (χ3v) is 2.21. The summed E-state index contributed by atoms with van der Waals surface area (Å²) in [5.74, 6) is 0. The normalized spacial score (nSPS) is 12.3. The Hall–Kier alpha value is -1.85. The van der Waals surface area contributed by atoms with E-state index >= 15 is 0 Å². The third kappa shape index (κ3) is 1.46. The summed E-state index contributed by atoms with van der Waals surface area (Å²) in [5.41, 5.74) is 0.645. The van der Waals surface area contributed by atoms with Crippen molar-refractivity contribution < 1.29 is 5.11 Å². The molecular formula is C12H9NO. The zero-order chi connectivity index (χ0) is 9.97. The van der Waals surface area contributed by atoms with Crippen LogP contribution >= 0.6 is 0 Å². The fourth-order valence-corrected chi connectivity index (χ4v) is 1.45. The maximum Gasteiger partial charge on any atom is 0.165 e. The molecule has 0 spiro atoms. The molecule has 0 fully saturated rings. The minimum Gasteiger partial charge on any atom is -0.374 e. The molecule has 2 heteroatoms. The summed E-state index contributed by atoms with van der Waals surface area (Å²) in [5, 5.41) is 20.0. The van der Waals surface area contributed by atoms with Gasteiger partial charge in [-0.2, -0.15) is 5.26 Å². The maximum absolute atomic E-state index is 9.33. The van der Waals surface area contributed by atoms with Gasteiger partial charge in [0.15, 0.2) is 6.10 Å². The Labute approximate surface area is 82.0 Å². The number of rotatable bonds is 1. The van der Waals surface area contributed by atoms with Crippen molar-refractivity contribution >= 4 is 10.8 Å². The van der Waals surface area contributed by atoms with E-state index in [1.807, 2.05) is 36.4 Å². The van der Waals surface area contributed by atoms with Crippen molar-refractivity contribution in [1.29, 1.82) is 5.26 Å². The summed E-state index contributed by atoms with van der Waals surface area (Å²) < 4.78 is 0. The van der Waals surface area contributed by atoms with Crippen LogP contribution in [0.4, 0.5) is 0 Å². The number of aliphatic hydroxyl groups excluding tert-OH is 1. The van der Waals surface area contributed by atoms with Crippen LogP contribution in [-0.4, -0.2) is 5.11 Å². The van der Waals surface area contributed by atoms with Crippen LogP contribution in [0.15, 0.2) is 42.5 Å². The number of benzene rings is 2. The summed E-state index contributed by atoms with van der Waals surface area (Å²) in [6.07, 6.45) is -1.03. The highest BCUT2D eigenvalue weighted by molar-refractivity contribution is 5.83. The first-order chi connectivity index (χ1) is 6.81. The van der Waals surface area contributed by atoms with Gasteiger partial charge in [-0.05, 0) is 22.4 Å². The second-order valence-corrected chi connectivity index (χ2v) is 3.14. The fourth-order valence-electron chi connectivity index (χ4n) is 1.45. The molecule has 0 aliphatic carbocycles. The quantitative estimate of drug-likeness (QED) is 0.690. The van der Waals surface area contributed by atoms with Crippen LogP contribution < -0.4 is 0 Å². The minimum absolute atomic E-state index is 0.645. The van der Waals surface area contributed by atoms with Gasteiger partial charge in [0.25, 0.3) is 0 Å². The number of hydrogen-bond donors (Lipinski definition) is 1. The second kappa shape index (κ2) is 3.49. The van der Waals surface area contributed by atoms with E-state index in [0.29, 0.717) is 5.56 Å². The van der Waals surface area contributed by atoms with Crippen molar-refractivity contribution in [2.24, 2.45) is 0 Å². The van der Waals surface area contributed by atoms with E-state index in [9.17, 15) is 5.11 Å². The van der Waals surface area contributed by atoms with Gasteiger partial charge in [-0.3, -0.25) is 0 Å². The Morgan fingerprint density at radius 1 is 1.07 bits per heavy atom. The predicted molar refractivity (Wildman–Crippen MR) is 54.5 cm³/mol. The maximum atomic E-state index is 9.33. The van der Waals surface area contributed by atoms with Gasteiger partial charge in [0.1, 0.15) is 0 Å². The molecule has 0 saturated carbocycles. The lowest BCUT2D eigenvalue weighted by Gasteiger charge is -2.03. The SMILES string of the molecule is N#C[C@H](O)c1ccc2ccccc2c1. The van der Waals surface area contributed by atoms with Crippen molar-refractivity contribution in [1.82, 2.24) is 0 Å². The fraction of sp³-hybridized carbons (Fsp3) is 0.0833. The van der Waals surface area contributed by atoms with Gasteiger partial charge >= 0.3 is 0 Å². The van der Waals surface area contributed by atoms with Gasteiger partial charge in [-0.25, -0.2) is 0 Å². The topological polar surface area (TPSA) is 44.0 Å². The molecule has 0 saturated heterocycles. The Bertz CT molecular complexity index is 499. The van der Waals surface area contributed by atoms with Crippen LogP contribution in [0.2, 0.25) is 0 Å². The molecular weight excluding hydrogens is 174 g/mol. The zero-order valence-corrected chi connectivity index (χ0v) is 7.51. The number of aliphatic hydroxyl groups is 1. The molecule has 0 unspecified atom stereocenters. The monoisotopic (exact) mass is 183 g/mol. The number of nitriles is 1. The van der Waals surface area contributed by atoms with Crippen molar-refractivity contribution in [3.8, 4) is 6.07 Å². The smallest absolute Gasteiger partial charge is 0.165 e. The van der Waals surface area contributed by atoms with Crippen molar-refractivity contribution in [2.45, 2.75) is 6.10 Å². The summed E-state index contributed by atoms with van der Waals surface area (Å²) in [6, 6.07) is 15.2. The molecule has 14 heavy (non-hydrogen) atoms. The van der Waals surface area contributed by atoms with E-state index in [2.05, 4.69) is 0 Å². The average Bonchev–Trinajstić information content (AvgIpc) is 2.27. The molecule has 2 aromatic rings. The first-order valence-electron chi connectivity index (χ1n) is 4.37. The van der Waals surface area contributed by atoms with Crippen LogP contribution in [0, 0.1) is 11.3 Å². The number of fused-ring (bicyclic) bond motifs is 1. The first kappa shape index (κ1) is 8.74. The first-order valence-corrected chi connectivity index (χ1v) is 4.37. The molecule has 0 bridgehead atoms. The lowest BCUT2D eigenvalue weighted by atomic mass is 10.0. The van der Waals surface area contributed by atoms with E-state index in [-0.39, 0.29) is 0 Å². The summed E-state index contributed by atoms with van der Waals surface area (Å²) in [7, 11) is 0. The van der Waals surface area contributed by atoms with Crippen molar-refractivity contribution in [3.63, 3.8) is 0 Å². The molecule has 2 nitrogen and oxygen atoms in total. The number of hydrogen-bond acceptors (Lipinski definition) is 2. The van der Waals surface area contributed by atoms with Crippen molar-refractivity contribution in [2.75, 3.05) is 0 Å². The van der Waals surface area contributed by atoms with Gasteiger partial charge in [-0.1, -0.05) is 36.4 Å². The van der Waals surface area contributed by atoms with Gasteiger partial charge < -0.3 is 5.11 Å². The van der Waals surface area contributed by atoms with E-state index < -0.39 is 6.10 Å². The van der Waals surface area contributed by atoms with Crippen LogP contribution in [0.1, 0.15) is 11.7 Å². The standard InChI is InChI=1S/C12H9NO/c13-8-12(14)11-6-5-9-3-1-2-4-10(9)7-11/h1-7,12,14H/t12-/m0/s1. The molecule has 0 heterocycles. The van der Waals surface area contributed by atoms with E-state index in [4.69, 9.17) is 5.26 Å². The van der Waals surface area contributed by atoms with E-state index in [1.165, 1.54) is 0 Å². The molecule has 2 rings (SSSR count). The van der Waals surface area contributed by atoms with Crippen LogP contribution in [0.3, 0.4) is 0 Å². The minimum atomic E-state index is -1.03. The molecule has 0 aromatic heterocycles. The second-order valence-electron chi connectivity index (χ2n) is 3.14. The zero-order valence-electron chi connectivity index (χ0n) is 7.51. The lowest BCUT2D eigenvalue weighted by molar-refractivity contribution is 0.236. The van der Waals surface area contributed by atoms with Gasteiger partial charge in [0.05, 0.1) is 6.07 Å². The Morgan fingerprint density at radius 3 is 2.50 bits per heavy atom. The lowest BCUT2D eigenvalue weighted by Crippen LogP contribution is -1.92. The molecule has 1 atom stereocenters. The van der Waals surface area contributed by atoms with E-state index in [1.54, 1.807) is 12.1 Å². The van der Waals surface area contributed by atoms with Gasteiger partial charge in [0.2, 0.25) is 0 Å². The van der Waals surface area contributed by atoms with Gasteiger partial charge in [-0.15, -0.1) is 0 Å².